The number of halogens is 4. The maximum atomic E-state index is 13.4. The highest BCUT2D eigenvalue weighted by molar-refractivity contribution is 6.30. The van der Waals surface area contributed by atoms with Crippen LogP contribution in [0, 0.1) is 0 Å². The first-order valence-corrected chi connectivity index (χ1v) is 8.02. The van der Waals surface area contributed by atoms with Gasteiger partial charge >= 0.3 is 6.18 Å². The normalized spacial score (nSPS) is 12.0. The van der Waals surface area contributed by atoms with Gasteiger partial charge in [-0.2, -0.15) is 13.2 Å². The lowest BCUT2D eigenvalue weighted by Crippen LogP contribution is -2.15. The number of alkyl halides is 3. The molecular weight excluding hydrogens is 367 g/mol. The monoisotopic (exact) mass is 377 g/mol. The molecular formula is C18H11ClF3N3O. The molecule has 2 aromatic carbocycles. The van der Waals surface area contributed by atoms with E-state index in [2.05, 4.69) is 9.97 Å². The number of para-hydroxylation sites is 2. The van der Waals surface area contributed by atoms with Crippen LogP contribution >= 0.6 is 11.6 Å². The Hall–Kier alpha value is -2.80. The molecule has 2 heterocycles. The number of oxazole rings is 1. The van der Waals surface area contributed by atoms with Crippen LogP contribution in [0.25, 0.3) is 22.5 Å². The fourth-order valence-electron chi connectivity index (χ4n) is 2.72. The summed E-state index contributed by atoms with van der Waals surface area (Å²) in [5, 5.41) is 0.570. The third-order valence-corrected chi connectivity index (χ3v) is 4.12. The molecule has 0 amide bonds. The molecule has 0 saturated carbocycles. The van der Waals surface area contributed by atoms with E-state index in [1.54, 1.807) is 48.5 Å². The number of aromatic nitrogens is 3. The number of nitrogens with zero attached hydrogens (tertiary/aromatic N) is 3. The summed E-state index contributed by atoms with van der Waals surface area (Å²) in [5.41, 5.74) is 1.72. The van der Waals surface area contributed by atoms with E-state index in [4.69, 9.17) is 16.0 Å². The van der Waals surface area contributed by atoms with Gasteiger partial charge in [0.15, 0.2) is 0 Å². The maximum Gasteiger partial charge on any atom is 0.449 e. The number of fused-ring (bicyclic) bond motifs is 1. The summed E-state index contributed by atoms with van der Waals surface area (Å²) in [6.07, 6.45) is -3.22. The number of hydrogen-bond acceptors (Lipinski definition) is 3. The van der Waals surface area contributed by atoms with Crippen LogP contribution in [0.3, 0.4) is 0 Å². The van der Waals surface area contributed by atoms with Crippen LogP contribution < -0.4 is 0 Å². The van der Waals surface area contributed by atoms with E-state index in [0.29, 0.717) is 27.7 Å². The smallest absolute Gasteiger partial charge is 0.444 e. The molecule has 2 aromatic heterocycles. The van der Waals surface area contributed by atoms with E-state index in [-0.39, 0.29) is 12.1 Å². The van der Waals surface area contributed by atoms with Gasteiger partial charge in [0.1, 0.15) is 6.26 Å². The number of imidazole rings is 1. The predicted octanol–water partition coefficient (Wildman–Crippen LogP) is 5.41. The topological polar surface area (TPSA) is 43.9 Å². The van der Waals surface area contributed by atoms with Gasteiger partial charge < -0.3 is 8.98 Å². The van der Waals surface area contributed by atoms with E-state index in [1.165, 1.54) is 6.26 Å². The van der Waals surface area contributed by atoms with E-state index >= 15 is 0 Å². The highest BCUT2D eigenvalue weighted by Crippen LogP contribution is 2.32. The fourth-order valence-corrected chi connectivity index (χ4v) is 2.84. The van der Waals surface area contributed by atoms with Crippen LogP contribution in [0.4, 0.5) is 13.2 Å². The molecule has 8 heteroatoms. The molecule has 132 valence electrons. The molecule has 0 N–H and O–H groups in total. The number of hydrogen-bond donors (Lipinski definition) is 0. The molecule has 0 radical (unpaired) electrons. The Morgan fingerprint density at radius 1 is 1.00 bits per heavy atom. The Morgan fingerprint density at radius 3 is 2.46 bits per heavy atom. The van der Waals surface area contributed by atoms with Crippen LogP contribution in [-0.2, 0) is 12.7 Å². The van der Waals surface area contributed by atoms with Crippen LogP contribution in [0.5, 0.6) is 0 Å². The van der Waals surface area contributed by atoms with Gasteiger partial charge in [0.25, 0.3) is 0 Å². The molecule has 0 aliphatic carbocycles. The molecule has 0 saturated heterocycles. The summed E-state index contributed by atoms with van der Waals surface area (Å²) in [6, 6.07) is 13.3. The van der Waals surface area contributed by atoms with Crippen LogP contribution in [0.15, 0.2) is 59.2 Å². The zero-order chi connectivity index (χ0) is 18.3. The second kappa shape index (κ2) is 6.17. The van der Waals surface area contributed by atoms with Crippen molar-refractivity contribution in [1.82, 2.24) is 14.5 Å². The zero-order valence-electron chi connectivity index (χ0n) is 13.2. The van der Waals surface area contributed by atoms with Crippen LogP contribution in [0.1, 0.15) is 11.5 Å². The summed E-state index contributed by atoms with van der Waals surface area (Å²) in [7, 11) is 0. The lowest BCUT2D eigenvalue weighted by molar-refractivity contribution is -0.146. The Labute approximate surface area is 150 Å². The van der Waals surface area contributed by atoms with Gasteiger partial charge in [0, 0.05) is 10.6 Å². The van der Waals surface area contributed by atoms with Crippen LogP contribution in [-0.4, -0.2) is 14.5 Å². The molecule has 4 nitrogen and oxygen atoms in total. The van der Waals surface area contributed by atoms with E-state index in [9.17, 15) is 13.2 Å². The summed E-state index contributed by atoms with van der Waals surface area (Å²) < 4.78 is 46.6. The Balaban J connectivity index is 1.73. The van der Waals surface area contributed by atoms with Gasteiger partial charge in [-0.05, 0) is 36.4 Å². The SMILES string of the molecule is FC(F)(F)c1nc2ccccc2n1Cc1coc(-c2ccc(Cl)cc2)n1. The van der Waals surface area contributed by atoms with Crippen molar-refractivity contribution in [2.75, 3.05) is 0 Å². The first kappa shape index (κ1) is 16.7. The second-order valence-corrected chi connectivity index (χ2v) is 6.10. The van der Waals surface area contributed by atoms with Gasteiger partial charge in [-0.15, -0.1) is 0 Å². The highest BCUT2D eigenvalue weighted by atomic mass is 35.5. The minimum atomic E-state index is -4.57. The van der Waals surface area contributed by atoms with Crippen molar-refractivity contribution in [3.63, 3.8) is 0 Å². The highest BCUT2D eigenvalue weighted by Gasteiger charge is 2.37. The van der Waals surface area contributed by atoms with Crippen molar-refractivity contribution in [3.8, 4) is 11.5 Å². The van der Waals surface area contributed by atoms with Crippen molar-refractivity contribution in [3.05, 3.63) is 71.3 Å². The van der Waals surface area contributed by atoms with Crippen molar-refractivity contribution in [2.24, 2.45) is 0 Å². The summed E-state index contributed by atoms with van der Waals surface area (Å²) in [4.78, 5) is 8.01. The summed E-state index contributed by atoms with van der Waals surface area (Å²) in [6.45, 7) is -0.105. The molecule has 0 aliphatic rings. The molecule has 0 spiro atoms. The summed E-state index contributed by atoms with van der Waals surface area (Å²) >= 11 is 5.85. The van der Waals surface area contributed by atoms with E-state index in [0.717, 1.165) is 4.57 Å². The minimum Gasteiger partial charge on any atom is -0.444 e. The first-order chi connectivity index (χ1) is 12.4. The lowest BCUT2D eigenvalue weighted by Gasteiger charge is -2.09. The van der Waals surface area contributed by atoms with Crippen LogP contribution in [0.2, 0.25) is 5.02 Å². The second-order valence-electron chi connectivity index (χ2n) is 5.66. The average molecular weight is 378 g/mol. The number of benzene rings is 2. The molecule has 0 aliphatic heterocycles. The quantitative estimate of drug-likeness (QED) is 0.479. The average Bonchev–Trinajstić information content (AvgIpc) is 3.21. The molecule has 0 bridgehead atoms. The van der Waals surface area contributed by atoms with Crippen molar-refractivity contribution < 1.29 is 17.6 Å². The van der Waals surface area contributed by atoms with Gasteiger partial charge in [0.05, 0.1) is 23.3 Å². The van der Waals surface area contributed by atoms with Crippen molar-refractivity contribution in [1.29, 1.82) is 0 Å². The van der Waals surface area contributed by atoms with Gasteiger partial charge in [-0.25, -0.2) is 9.97 Å². The Morgan fingerprint density at radius 2 is 1.73 bits per heavy atom. The molecule has 4 rings (SSSR count). The number of rotatable bonds is 3. The molecule has 0 fully saturated rings. The largest absolute Gasteiger partial charge is 0.449 e. The minimum absolute atomic E-state index is 0.105. The fraction of sp³-hybridized carbons (Fsp3) is 0.111. The van der Waals surface area contributed by atoms with E-state index in [1.807, 2.05) is 0 Å². The van der Waals surface area contributed by atoms with Crippen molar-refractivity contribution in [2.45, 2.75) is 12.7 Å². The van der Waals surface area contributed by atoms with Gasteiger partial charge in [0.2, 0.25) is 11.7 Å². The lowest BCUT2D eigenvalue weighted by atomic mass is 10.2. The van der Waals surface area contributed by atoms with Gasteiger partial charge in [-0.3, -0.25) is 0 Å². The molecule has 0 unspecified atom stereocenters. The summed E-state index contributed by atoms with van der Waals surface area (Å²) in [5.74, 6) is -0.649. The van der Waals surface area contributed by atoms with E-state index < -0.39 is 12.0 Å². The molecule has 4 aromatic rings. The van der Waals surface area contributed by atoms with Crippen molar-refractivity contribution >= 4 is 22.6 Å². The zero-order valence-corrected chi connectivity index (χ0v) is 13.9. The Kier molecular flexibility index (Phi) is 3.96. The molecule has 26 heavy (non-hydrogen) atoms. The van der Waals surface area contributed by atoms with Gasteiger partial charge in [-0.1, -0.05) is 23.7 Å². The maximum absolute atomic E-state index is 13.4. The third kappa shape index (κ3) is 3.06. The standard InChI is InChI=1S/C18H11ClF3N3O/c19-12-7-5-11(6-8-12)16-23-13(10-26-16)9-25-15-4-2-1-3-14(15)24-17(25)18(20,21)22/h1-8,10H,9H2. The predicted molar refractivity (Wildman–Crippen MR) is 90.8 cm³/mol. The Bertz CT molecular complexity index is 1070. The molecule has 0 atom stereocenters. The first-order valence-electron chi connectivity index (χ1n) is 7.64. The third-order valence-electron chi connectivity index (χ3n) is 3.87.